The molecule has 0 aliphatic heterocycles. The number of hydrogen-bond donors (Lipinski definition) is 3. The van der Waals surface area contributed by atoms with Gasteiger partial charge in [-0.3, -0.25) is 0 Å². The van der Waals surface area contributed by atoms with Crippen molar-refractivity contribution >= 4 is 17.0 Å². The van der Waals surface area contributed by atoms with Crippen molar-refractivity contribution in [1.29, 1.82) is 0 Å². The molecule has 1 aliphatic rings. The number of aliphatic hydroxyl groups excluding tert-OH is 2. The summed E-state index contributed by atoms with van der Waals surface area (Å²) in [5, 5.41) is 18.6. The molecule has 20 heavy (non-hydrogen) atoms. The van der Waals surface area contributed by atoms with Crippen LogP contribution in [0.3, 0.4) is 0 Å². The number of rotatable bonds is 3. The Labute approximate surface area is 114 Å². The van der Waals surface area contributed by atoms with E-state index in [1.54, 1.807) is 4.57 Å². The Morgan fingerprint density at radius 3 is 2.75 bits per heavy atom. The zero-order valence-corrected chi connectivity index (χ0v) is 10.7. The molecule has 4 atom stereocenters. The fourth-order valence-electron chi connectivity index (χ4n) is 3.00. The van der Waals surface area contributed by atoms with Gasteiger partial charge in [0.1, 0.15) is 18.0 Å². The van der Waals surface area contributed by atoms with Crippen molar-refractivity contribution in [2.75, 3.05) is 18.9 Å². The van der Waals surface area contributed by atoms with Crippen LogP contribution < -0.4 is 5.73 Å². The number of nitrogens with zero attached hydrogens (tertiary/aromatic N) is 4. The Kier molecular flexibility index (Phi) is 3.27. The average Bonchev–Trinajstić information content (AvgIpc) is 3.00. The van der Waals surface area contributed by atoms with Gasteiger partial charge in [-0.2, -0.15) is 0 Å². The Balaban J connectivity index is 2.01. The maximum absolute atomic E-state index is 14.5. The molecular formula is C12H16FN5O2. The van der Waals surface area contributed by atoms with Crippen molar-refractivity contribution in [2.45, 2.75) is 18.6 Å². The highest BCUT2D eigenvalue weighted by atomic mass is 19.1. The van der Waals surface area contributed by atoms with Gasteiger partial charge in [-0.25, -0.2) is 19.3 Å². The molecule has 0 amide bonds. The number of anilines is 1. The molecule has 8 heteroatoms. The van der Waals surface area contributed by atoms with Crippen LogP contribution in [0.4, 0.5) is 10.2 Å². The monoisotopic (exact) mass is 281 g/mol. The number of alkyl halides is 1. The van der Waals surface area contributed by atoms with Crippen molar-refractivity contribution < 1.29 is 14.6 Å². The molecule has 2 aromatic heterocycles. The van der Waals surface area contributed by atoms with Crippen LogP contribution in [-0.2, 0) is 0 Å². The van der Waals surface area contributed by atoms with E-state index < -0.39 is 18.1 Å². The minimum atomic E-state index is -1.26. The lowest BCUT2D eigenvalue weighted by atomic mass is 9.97. The first-order valence-corrected chi connectivity index (χ1v) is 6.46. The van der Waals surface area contributed by atoms with Gasteiger partial charge >= 0.3 is 0 Å². The number of aliphatic hydroxyl groups is 2. The third-order valence-electron chi connectivity index (χ3n) is 4.12. The van der Waals surface area contributed by atoms with E-state index in [0.29, 0.717) is 17.6 Å². The van der Waals surface area contributed by atoms with Crippen LogP contribution in [-0.4, -0.2) is 49.1 Å². The topological polar surface area (TPSA) is 110 Å². The van der Waals surface area contributed by atoms with E-state index in [2.05, 4.69) is 15.0 Å². The zero-order valence-electron chi connectivity index (χ0n) is 10.7. The molecule has 1 fully saturated rings. The van der Waals surface area contributed by atoms with Crippen LogP contribution in [0, 0.1) is 11.8 Å². The lowest BCUT2D eigenvalue weighted by Gasteiger charge is -2.18. The summed E-state index contributed by atoms with van der Waals surface area (Å²) in [4.78, 5) is 12.1. The van der Waals surface area contributed by atoms with Gasteiger partial charge in [-0.05, 0) is 12.3 Å². The molecule has 0 radical (unpaired) electrons. The summed E-state index contributed by atoms with van der Waals surface area (Å²) in [5.74, 6) is -0.585. The van der Waals surface area contributed by atoms with Gasteiger partial charge in [-0.15, -0.1) is 0 Å². The molecule has 0 unspecified atom stereocenters. The van der Waals surface area contributed by atoms with Crippen LogP contribution in [0.5, 0.6) is 0 Å². The third-order valence-corrected chi connectivity index (χ3v) is 4.12. The van der Waals surface area contributed by atoms with Crippen LogP contribution in [0.15, 0.2) is 12.7 Å². The fraction of sp³-hybridized carbons (Fsp3) is 0.583. The van der Waals surface area contributed by atoms with Crippen molar-refractivity contribution in [3.63, 3.8) is 0 Å². The molecule has 0 bridgehead atoms. The minimum Gasteiger partial charge on any atom is -0.396 e. The van der Waals surface area contributed by atoms with Gasteiger partial charge in [-0.1, -0.05) is 0 Å². The third kappa shape index (κ3) is 1.83. The fourth-order valence-corrected chi connectivity index (χ4v) is 3.00. The summed E-state index contributed by atoms with van der Waals surface area (Å²) >= 11 is 0. The largest absolute Gasteiger partial charge is 0.396 e. The number of imidazole rings is 1. The van der Waals surface area contributed by atoms with E-state index in [9.17, 15) is 14.6 Å². The molecule has 4 N–H and O–H groups in total. The van der Waals surface area contributed by atoms with Crippen molar-refractivity contribution in [1.82, 2.24) is 19.5 Å². The van der Waals surface area contributed by atoms with E-state index in [4.69, 9.17) is 5.73 Å². The molecule has 1 aliphatic carbocycles. The molecular weight excluding hydrogens is 265 g/mol. The molecule has 2 heterocycles. The average molecular weight is 281 g/mol. The first kappa shape index (κ1) is 13.2. The summed E-state index contributed by atoms with van der Waals surface area (Å²) < 4.78 is 16.1. The maximum atomic E-state index is 14.5. The quantitative estimate of drug-likeness (QED) is 0.725. The SMILES string of the molecule is Nc1ncnc2c1ncn2[C@H]1C[C@H](CO)[C@@H](CO)[C@@H]1F. The predicted molar refractivity (Wildman–Crippen MR) is 69.4 cm³/mol. The van der Waals surface area contributed by atoms with Gasteiger partial charge < -0.3 is 20.5 Å². The van der Waals surface area contributed by atoms with E-state index in [-0.39, 0.29) is 24.9 Å². The van der Waals surface area contributed by atoms with Crippen LogP contribution in [0.1, 0.15) is 12.5 Å². The van der Waals surface area contributed by atoms with Gasteiger partial charge in [0.05, 0.1) is 12.4 Å². The standard InChI is InChI=1S/C12H16FN5O2/c13-9-7(3-20)6(2-19)1-8(9)18-5-17-10-11(14)15-4-16-12(10)18/h4-9,19-20H,1-3H2,(H2,14,15,16)/t6-,7-,8+,9+/m1/s1. The maximum Gasteiger partial charge on any atom is 0.165 e. The molecule has 0 spiro atoms. The highest BCUT2D eigenvalue weighted by Gasteiger charge is 2.44. The van der Waals surface area contributed by atoms with E-state index in [1.807, 2.05) is 0 Å². The summed E-state index contributed by atoms with van der Waals surface area (Å²) in [6.45, 7) is -0.432. The summed E-state index contributed by atoms with van der Waals surface area (Å²) in [7, 11) is 0. The summed E-state index contributed by atoms with van der Waals surface area (Å²) in [5.41, 5.74) is 6.62. The smallest absolute Gasteiger partial charge is 0.165 e. The van der Waals surface area contributed by atoms with E-state index >= 15 is 0 Å². The number of hydrogen-bond acceptors (Lipinski definition) is 6. The van der Waals surface area contributed by atoms with Gasteiger partial charge in [0.2, 0.25) is 0 Å². The number of aromatic nitrogens is 4. The lowest BCUT2D eigenvalue weighted by molar-refractivity contribution is 0.0957. The van der Waals surface area contributed by atoms with Gasteiger partial charge in [0, 0.05) is 19.1 Å². The molecule has 108 valence electrons. The molecule has 7 nitrogen and oxygen atoms in total. The van der Waals surface area contributed by atoms with Crippen LogP contribution in [0.2, 0.25) is 0 Å². The minimum absolute atomic E-state index is 0.147. The second-order valence-electron chi connectivity index (χ2n) is 5.12. The number of nitrogens with two attached hydrogens (primary N) is 1. The van der Waals surface area contributed by atoms with Crippen LogP contribution >= 0.6 is 0 Å². The number of halogens is 1. The molecule has 1 saturated carbocycles. The molecule has 2 aromatic rings. The number of fused-ring (bicyclic) bond motifs is 1. The van der Waals surface area contributed by atoms with E-state index in [0.717, 1.165) is 0 Å². The highest BCUT2D eigenvalue weighted by molar-refractivity contribution is 5.81. The van der Waals surface area contributed by atoms with Gasteiger partial charge in [0.15, 0.2) is 11.5 Å². The van der Waals surface area contributed by atoms with Crippen molar-refractivity contribution in [2.24, 2.45) is 11.8 Å². The second-order valence-corrected chi connectivity index (χ2v) is 5.12. The van der Waals surface area contributed by atoms with Crippen molar-refractivity contribution in [3.05, 3.63) is 12.7 Å². The molecule has 0 saturated heterocycles. The Morgan fingerprint density at radius 1 is 1.30 bits per heavy atom. The Hall–Kier alpha value is -1.80. The molecule has 3 rings (SSSR count). The van der Waals surface area contributed by atoms with Crippen molar-refractivity contribution in [3.8, 4) is 0 Å². The van der Waals surface area contributed by atoms with Gasteiger partial charge in [0.25, 0.3) is 0 Å². The highest BCUT2D eigenvalue weighted by Crippen LogP contribution is 2.42. The Bertz CT molecular complexity index is 619. The first-order chi connectivity index (χ1) is 9.67. The lowest BCUT2D eigenvalue weighted by Crippen LogP contribution is -2.25. The number of nitrogen functional groups attached to an aromatic ring is 1. The first-order valence-electron chi connectivity index (χ1n) is 6.46. The second kappa shape index (κ2) is 4.95. The van der Waals surface area contributed by atoms with Crippen LogP contribution in [0.25, 0.3) is 11.2 Å². The van der Waals surface area contributed by atoms with E-state index in [1.165, 1.54) is 12.7 Å². The summed E-state index contributed by atoms with van der Waals surface area (Å²) in [6, 6.07) is -0.511. The predicted octanol–water partition coefficient (Wildman–Crippen LogP) is -0.0916. The summed E-state index contributed by atoms with van der Waals surface area (Å²) in [6.07, 6.45) is 1.97. The Morgan fingerprint density at radius 2 is 2.10 bits per heavy atom. The normalized spacial score (nSPS) is 30.1. The zero-order chi connectivity index (χ0) is 14.3. The molecule has 0 aromatic carbocycles.